The number of fused-ring (bicyclic) bond motifs is 1. The first kappa shape index (κ1) is 21.5. The molecule has 0 radical (unpaired) electrons. The van der Waals surface area contributed by atoms with Crippen molar-refractivity contribution in [3.05, 3.63) is 48.0 Å². The molecule has 8 nitrogen and oxygen atoms in total. The quantitative estimate of drug-likeness (QED) is 0.756. The van der Waals surface area contributed by atoms with Gasteiger partial charge in [0.25, 0.3) is 0 Å². The van der Waals surface area contributed by atoms with E-state index in [9.17, 15) is 19.2 Å². The highest BCUT2D eigenvalue weighted by atomic mass is 16.2. The topological polar surface area (TPSA) is 98.8 Å². The lowest BCUT2D eigenvalue weighted by Crippen LogP contribution is -2.28. The smallest absolute Gasteiger partial charge is 0.229 e. The Balaban J connectivity index is 1.41. The first-order valence-electron chi connectivity index (χ1n) is 10.8. The van der Waals surface area contributed by atoms with E-state index in [1.54, 1.807) is 34.1 Å². The predicted molar refractivity (Wildman–Crippen MR) is 123 cm³/mol. The second-order valence-corrected chi connectivity index (χ2v) is 8.12. The molecule has 4 amide bonds. The van der Waals surface area contributed by atoms with Gasteiger partial charge in [0.15, 0.2) is 0 Å². The molecule has 0 spiro atoms. The lowest BCUT2D eigenvalue weighted by atomic mass is 10.1. The molecule has 1 atom stereocenters. The maximum atomic E-state index is 12.7. The Morgan fingerprint density at radius 1 is 1.03 bits per heavy atom. The molecule has 0 aromatic heterocycles. The van der Waals surface area contributed by atoms with Gasteiger partial charge in [0, 0.05) is 55.6 Å². The van der Waals surface area contributed by atoms with Crippen molar-refractivity contribution < 1.29 is 19.2 Å². The van der Waals surface area contributed by atoms with E-state index in [4.69, 9.17) is 0 Å². The zero-order valence-corrected chi connectivity index (χ0v) is 18.2. The maximum Gasteiger partial charge on any atom is 0.229 e. The molecule has 2 aliphatic heterocycles. The summed E-state index contributed by atoms with van der Waals surface area (Å²) in [5.41, 5.74) is 3.96. The Hall–Kier alpha value is -3.68. The van der Waals surface area contributed by atoms with Crippen LogP contribution in [0.2, 0.25) is 0 Å². The van der Waals surface area contributed by atoms with Gasteiger partial charge in [0.2, 0.25) is 23.6 Å². The summed E-state index contributed by atoms with van der Waals surface area (Å²) in [7, 11) is 0. The summed E-state index contributed by atoms with van der Waals surface area (Å²) in [5.74, 6) is -0.832. The van der Waals surface area contributed by atoms with Crippen molar-refractivity contribution in [3.8, 4) is 0 Å². The van der Waals surface area contributed by atoms with Crippen molar-refractivity contribution in [3.63, 3.8) is 0 Å². The van der Waals surface area contributed by atoms with Crippen molar-refractivity contribution in [2.75, 3.05) is 33.5 Å². The van der Waals surface area contributed by atoms with E-state index in [2.05, 4.69) is 10.6 Å². The molecule has 32 heavy (non-hydrogen) atoms. The van der Waals surface area contributed by atoms with E-state index in [0.717, 1.165) is 23.4 Å². The molecule has 2 aliphatic rings. The van der Waals surface area contributed by atoms with Gasteiger partial charge in [0.1, 0.15) is 0 Å². The van der Waals surface area contributed by atoms with E-state index in [1.807, 2.05) is 25.1 Å². The largest absolute Gasteiger partial charge is 0.326 e. The number of benzene rings is 2. The highest BCUT2D eigenvalue weighted by molar-refractivity contribution is 6.04. The minimum Gasteiger partial charge on any atom is -0.326 e. The van der Waals surface area contributed by atoms with E-state index in [-0.39, 0.29) is 30.0 Å². The van der Waals surface area contributed by atoms with Crippen LogP contribution in [0.25, 0.3) is 0 Å². The van der Waals surface area contributed by atoms with Gasteiger partial charge < -0.3 is 20.4 Å². The average molecular weight is 434 g/mol. The van der Waals surface area contributed by atoms with E-state index in [0.29, 0.717) is 30.9 Å². The summed E-state index contributed by atoms with van der Waals surface area (Å²) in [4.78, 5) is 52.0. The molecular weight excluding hydrogens is 408 g/mol. The number of anilines is 4. The summed E-state index contributed by atoms with van der Waals surface area (Å²) in [5, 5.41) is 5.52. The van der Waals surface area contributed by atoms with Crippen LogP contribution in [-0.2, 0) is 25.6 Å². The minimum atomic E-state index is -0.455. The average Bonchev–Trinajstić information content (AvgIpc) is 3.37. The number of hydrogen-bond acceptors (Lipinski definition) is 4. The van der Waals surface area contributed by atoms with Crippen LogP contribution in [0.1, 0.15) is 32.3 Å². The van der Waals surface area contributed by atoms with Gasteiger partial charge in [-0.25, -0.2) is 0 Å². The number of carbonyl (C=O) groups excluding carboxylic acids is 4. The number of carbonyl (C=O) groups is 4. The third-order valence-electron chi connectivity index (χ3n) is 5.84. The third kappa shape index (κ3) is 4.34. The Bertz CT molecular complexity index is 1080. The van der Waals surface area contributed by atoms with Gasteiger partial charge in [-0.15, -0.1) is 0 Å². The Morgan fingerprint density at radius 3 is 2.38 bits per heavy atom. The van der Waals surface area contributed by atoms with E-state index in [1.165, 1.54) is 6.92 Å². The number of nitrogens with zero attached hydrogens (tertiary/aromatic N) is 2. The normalized spacial score (nSPS) is 17.3. The van der Waals surface area contributed by atoms with Crippen molar-refractivity contribution in [2.45, 2.75) is 33.1 Å². The SMILES string of the molecule is CCC(=O)N1CCc2cc(N3C[C@@H](C(=O)Nc4ccc(NC(C)=O)cc4)CC3=O)ccc21. The molecule has 1 saturated heterocycles. The number of amides is 4. The zero-order valence-electron chi connectivity index (χ0n) is 18.2. The molecule has 0 bridgehead atoms. The van der Waals surface area contributed by atoms with Gasteiger partial charge in [-0.05, 0) is 54.4 Å². The molecule has 2 aromatic carbocycles. The fraction of sp³-hybridized carbons (Fsp3) is 0.333. The van der Waals surface area contributed by atoms with Crippen molar-refractivity contribution in [2.24, 2.45) is 5.92 Å². The zero-order chi connectivity index (χ0) is 22.8. The summed E-state index contributed by atoms with van der Waals surface area (Å²) >= 11 is 0. The number of hydrogen-bond donors (Lipinski definition) is 2. The first-order valence-corrected chi connectivity index (χ1v) is 10.8. The van der Waals surface area contributed by atoms with Gasteiger partial charge in [-0.3, -0.25) is 19.2 Å². The fourth-order valence-corrected chi connectivity index (χ4v) is 4.22. The molecule has 2 heterocycles. The summed E-state index contributed by atoms with van der Waals surface area (Å²) in [6.07, 6.45) is 1.36. The second-order valence-electron chi connectivity index (χ2n) is 8.12. The van der Waals surface area contributed by atoms with E-state index < -0.39 is 5.92 Å². The highest BCUT2D eigenvalue weighted by Gasteiger charge is 2.36. The van der Waals surface area contributed by atoms with E-state index >= 15 is 0 Å². The van der Waals surface area contributed by atoms with Crippen LogP contribution in [0.3, 0.4) is 0 Å². The lowest BCUT2D eigenvalue weighted by molar-refractivity contribution is -0.122. The molecule has 8 heteroatoms. The van der Waals surface area contributed by atoms with Crippen LogP contribution in [0.5, 0.6) is 0 Å². The first-order chi connectivity index (χ1) is 15.4. The van der Waals surface area contributed by atoms with Gasteiger partial charge >= 0.3 is 0 Å². The highest BCUT2D eigenvalue weighted by Crippen LogP contribution is 2.34. The van der Waals surface area contributed by atoms with Crippen molar-refractivity contribution >= 4 is 46.4 Å². The number of rotatable bonds is 5. The fourth-order valence-electron chi connectivity index (χ4n) is 4.22. The summed E-state index contributed by atoms with van der Waals surface area (Å²) < 4.78 is 0. The second kappa shape index (κ2) is 8.82. The van der Waals surface area contributed by atoms with Crippen LogP contribution in [-0.4, -0.2) is 36.7 Å². The molecule has 2 aromatic rings. The maximum absolute atomic E-state index is 12.7. The molecular formula is C24H26N4O4. The third-order valence-corrected chi connectivity index (χ3v) is 5.84. The molecule has 4 rings (SSSR count). The minimum absolute atomic E-state index is 0.0920. The molecule has 0 unspecified atom stereocenters. The van der Waals surface area contributed by atoms with Crippen LogP contribution in [0.4, 0.5) is 22.7 Å². The molecule has 0 saturated carbocycles. The van der Waals surface area contributed by atoms with Crippen LogP contribution < -0.4 is 20.4 Å². The monoisotopic (exact) mass is 434 g/mol. The van der Waals surface area contributed by atoms with Crippen LogP contribution in [0.15, 0.2) is 42.5 Å². The summed E-state index contributed by atoms with van der Waals surface area (Å²) in [6, 6.07) is 12.5. The van der Waals surface area contributed by atoms with Crippen LogP contribution >= 0.6 is 0 Å². The Labute approximate surface area is 186 Å². The van der Waals surface area contributed by atoms with Crippen molar-refractivity contribution in [1.82, 2.24) is 0 Å². The molecule has 2 N–H and O–H groups in total. The van der Waals surface area contributed by atoms with Gasteiger partial charge in [0.05, 0.1) is 5.92 Å². The summed E-state index contributed by atoms with van der Waals surface area (Å²) in [6.45, 7) is 4.25. The molecule has 1 fully saturated rings. The standard InChI is InChI=1S/C24H26N4O4/c1-3-22(30)27-11-10-16-12-20(8-9-21(16)27)28-14-17(13-23(28)31)24(32)26-19-6-4-18(5-7-19)25-15(2)29/h4-9,12,17H,3,10-11,13-14H2,1-2H3,(H,25,29)(H,26,32)/t17-/m0/s1. The van der Waals surface area contributed by atoms with Crippen LogP contribution in [0, 0.1) is 5.92 Å². The molecule has 166 valence electrons. The van der Waals surface area contributed by atoms with Gasteiger partial charge in [-0.2, -0.15) is 0 Å². The lowest BCUT2D eigenvalue weighted by Gasteiger charge is -2.20. The Morgan fingerprint density at radius 2 is 1.72 bits per heavy atom. The van der Waals surface area contributed by atoms with Gasteiger partial charge in [-0.1, -0.05) is 6.92 Å². The predicted octanol–water partition coefficient (Wildman–Crippen LogP) is 2.94. The number of nitrogens with one attached hydrogen (secondary N) is 2. The van der Waals surface area contributed by atoms with Crippen molar-refractivity contribution in [1.29, 1.82) is 0 Å². The molecule has 0 aliphatic carbocycles. The Kier molecular flexibility index (Phi) is 5.94.